The second-order valence-electron chi connectivity index (χ2n) is 6.00. The highest BCUT2D eigenvalue weighted by Crippen LogP contribution is 2.34. The van der Waals surface area contributed by atoms with Gasteiger partial charge in [-0.1, -0.05) is 6.42 Å². The van der Waals surface area contributed by atoms with Crippen LogP contribution in [0.3, 0.4) is 0 Å². The standard InChI is InChI=1S/C16H19N3O4S3/c1-10-5-6-12(24-10)15(21)18-16-11(14(17)20)9-13(25-16)26(22,23)19-7-3-2-4-8-19/h5-6,9H,2-4,7-8H2,1H3,(H2,17,20)(H,18,21). The number of hydrogen-bond acceptors (Lipinski definition) is 6. The number of hydrogen-bond donors (Lipinski definition) is 2. The normalized spacial score (nSPS) is 15.7. The quantitative estimate of drug-likeness (QED) is 0.785. The maximum absolute atomic E-state index is 12.8. The van der Waals surface area contributed by atoms with Crippen molar-refractivity contribution in [2.45, 2.75) is 30.4 Å². The maximum atomic E-state index is 12.8. The lowest BCUT2D eigenvalue weighted by Gasteiger charge is -2.25. The van der Waals surface area contributed by atoms with Gasteiger partial charge in [-0.05, 0) is 38.0 Å². The largest absolute Gasteiger partial charge is 0.366 e. The Hall–Kier alpha value is -1.75. The molecule has 7 nitrogen and oxygen atoms in total. The fraction of sp³-hybridized carbons (Fsp3) is 0.375. The van der Waals surface area contributed by atoms with Crippen molar-refractivity contribution in [3.05, 3.63) is 33.5 Å². The van der Waals surface area contributed by atoms with Gasteiger partial charge in [0.2, 0.25) is 0 Å². The first kappa shape index (κ1) is 19.0. The summed E-state index contributed by atoms with van der Waals surface area (Å²) in [5.41, 5.74) is 5.39. The third kappa shape index (κ3) is 3.83. The topological polar surface area (TPSA) is 110 Å². The Bertz CT molecular complexity index is 940. The smallest absolute Gasteiger partial charge is 0.266 e. The molecule has 1 aliphatic rings. The molecule has 2 amide bonds. The van der Waals surface area contributed by atoms with Gasteiger partial charge in [0.15, 0.2) is 0 Å². The van der Waals surface area contributed by atoms with Crippen LogP contribution in [0.5, 0.6) is 0 Å². The lowest BCUT2D eigenvalue weighted by atomic mass is 10.2. The Labute approximate surface area is 159 Å². The van der Waals surface area contributed by atoms with Crippen molar-refractivity contribution >= 4 is 49.5 Å². The first-order valence-corrected chi connectivity index (χ1v) is 11.2. The number of anilines is 1. The summed E-state index contributed by atoms with van der Waals surface area (Å²) >= 11 is 2.17. The predicted molar refractivity (Wildman–Crippen MR) is 102 cm³/mol. The van der Waals surface area contributed by atoms with E-state index < -0.39 is 21.8 Å². The number of carbonyl (C=O) groups is 2. The minimum absolute atomic E-state index is 0.00668. The molecule has 0 saturated carbocycles. The van der Waals surface area contributed by atoms with Crippen LogP contribution in [0.25, 0.3) is 0 Å². The van der Waals surface area contributed by atoms with Gasteiger partial charge >= 0.3 is 0 Å². The molecule has 26 heavy (non-hydrogen) atoms. The molecule has 0 unspecified atom stereocenters. The van der Waals surface area contributed by atoms with Gasteiger partial charge in [0, 0.05) is 18.0 Å². The highest BCUT2D eigenvalue weighted by Gasteiger charge is 2.30. The number of rotatable bonds is 5. The molecule has 1 aliphatic heterocycles. The van der Waals surface area contributed by atoms with Gasteiger partial charge in [-0.2, -0.15) is 4.31 Å². The van der Waals surface area contributed by atoms with E-state index in [1.807, 2.05) is 13.0 Å². The van der Waals surface area contributed by atoms with E-state index in [-0.39, 0.29) is 14.8 Å². The number of amides is 2. The van der Waals surface area contributed by atoms with Crippen molar-refractivity contribution in [1.29, 1.82) is 0 Å². The molecule has 10 heteroatoms. The molecule has 0 bridgehead atoms. The monoisotopic (exact) mass is 413 g/mol. The van der Waals surface area contributed by atoms with E-state index in [0.29, 0.717) is 18.0 Å². The number of sulfonamides is 1. The van der Waals surface area contributed by atoms with Crippen molar-refractivity contribution < 1.29 is 18.0 Å². The molecule has 0 radical (unpaired) electrons. The lowest BCUT2D eigenvalue weighted by Crippen LogP contribution is -2.35. The van der Waals surface area contributed by atoms with Gasteiger partial charge < -0.3 is 11.1 Å². The van der Waals surface area contributed by atoms with Crippen LogP contribution in [0.15, 0.2) is 22.4 Å². The Morgan fingerprint density at radius 2 is 1.85 bits per heavy atom. The van der Waals surface area contributed by atoms with Crippen LogP contribution in [-0.4, -0.2) is 37.6 Å². The zero-order valence-electron chi connectivity index (χ0n) is 14.1. The third-order valence-corrected chi connectivity index (χ3v) is 8.47. The van der Waals surface area contributed by atoms with E-state index in [4.69, 9.17) is 5.73 Å². The molecule has 0 atom stereocenters. The average Bonchev–Trinajstić information content (AvgIpc) is 3.22. The third-order valence-electron chi connectivity index (χ3n) is 4.08. The average molecular weight is 414 g/mol. The van der Waals surface area contributed by atoms with E-state index in [0.717, 1.165) is 35.5 Å². The first-order chi connectivity index (χ1) is 12.3. The summed E-state index contributed by atoms with van der Waals surface area (Å²) in [6.07, 6.45) is 2.63. The SMILES string of the molecule is Cc1ccc(C(=O)Nc2sc(S(=O)(=O)N3CCCCC3)cc2C(N)=O)s1. The molecule has 2 aromatic heterocycles. The van der Waals surface area contributed by atoms with E-state index in [1.54, 1.807) is 6.07 Å². The molecule has 140 valence electrons. The number of piperidine rings is 1. The van der Waals surface area contributed by atoms with Gasteiger partial charge in [-0.3, -0.25) is 9.59 Å². The molecule has 1 saturated heterocycles. The summed E-state index contributed by atoms with van der Waals surface area (Å²) in [5, 5.41) is 2.78. The van der Waals surface area contributed by atoms with Gasteiger partial charge in [0.05, 0.1) is 10.4 Å². The summed E-state index contributed by atoms with van der Waals surface area (Å²) in [6.45, 7) is 2.80. The van der Waals surface area contributed by atoms with Crippen LogP contribution < -0.4 is 11.1 Å². The lowest BCUT2D eigenvalue weighted by molar-refractivity contribution is 0.100. The highest BCUT2D eigenvalue weighted by atomic mass is 32.2. The summed E-state index contributed by atoms with van der Waals surface area (Å²) in [7, 11) is -3.70. The van der Waals surface area contributed by atoms with Gasteiger partial charge in [0.1, 0.15) is 9.21 Å². The minimum atomic E-state index is -3.70. The Morgan fingerprint density at radius 3 is 2.42 bits per heavy atom. The second kappa shape index (κ2) is 7.47. The zero-order valence-corrected chi connectivity index (χ0v) is 16.6. The van der Waals surface area contributed by atoms with Crippen molar-refractivity contribution in [3.8, 4) is 0 Å². The van der Waals surface area contributed by atoms with Gasteiger partial charge in [-0.25, -0.2) is 8.42 Å². The van der Waals surface area contributed by atoms with Gasteiger partial charge in [0.25, 0.3) is 21.8 Å². The zero-order chi connectivity index (χ0) is 18.9. The van der Waals surface area contributed by atoms with E-state index in [2.05, 4.69) is 5.32 Å². The van der Waals surface area contributed by atoms with Crippen molar-refractivity contribution in [1.82, 2.24) is 4.31 Å². The van der Waals surface area contributed by atoms with Crippen LogP contribution in [0.2, 0.25) is 0 Å². The minimum Gasteiger partial charge on any atom is -0.366 e. The Morgan fingerprint density at radius 1 is 1.15 bits per heavy atom. The fourth-order valence-electron chi connectivity index (χ4n) is 2.73. The molecule has 3 N–H and O–H groups in total. The van der Waals surface area contributed by atoms with Crippen molar-refractivity contribution in [2.24, 2.45) is 5.73 Å². The predicted octanol–water partition coefficient (Wildman–Crippen LogP) is 2.64. The van der Waals surface area contributed by atoms with Crippen LogP contribution in [0.4, 0.5) is 5.00 Å². The number of nitrogens with two attached hydrogens (primary N) is 1. The van der Waals surface area contributed by atoms with Crippen molar-refractivity contribution in [2.75, 3.05) is 18.4 Å². The van der Waals surface area contributed by atoms with Crippen LogP contribution in [-0.2, 0) is 10.0 Å². The van der Waals surface area contributed by atoms with Crippen LogP contribution in [0.1, 0.15) is 44.2 Å². The summed E-state index contributed by atoms with van der Waals surface area (Å²) < 4.78 is 27.1. The number of carbonyl (C=O) groups excluding carboxylic acids is 2. The Balaban J connectivity index is 1.91. The number of aryl methyl sites for hydroxylation is 1. The number of thiophene rings is 2. The molecule has 1 fully saturated rings. The highest BCUT2D eigenvalue weighted by molar-refractivity contribution is 7.91. The number of nitrogens with one attached hydrogen (secondary N) is 1. The van der Waals surface area contributed by atoms with E-state index >= 15 is 0 Å². The van der Waals surface area contributed by atoms with E-state index in [1.165, 1.54) is 21.7 Å². The molecule has 3 heterocycles. The number of primary amides is 1. The molecular formula is C16H19N3O4S3. The first-order valence-electron chi connectivity index (χ1n) is 8.10. The molecule has 0 aliphatic carbocycles. The van der Waals surface area contributed by atoms with Crippen LogP contribution >= 0.6 is 22.7 Å². The van der Waals surface area contributed by atoms with Crippen LogP contribution in [0, 0.1) is 6.92 Å². The number of nitrogens with zero attached hydrogens (tertiary/aromatic N) is 1. The molecule has 2 aromatic rings. The molecule has 3 rings (SSSR count). The second-order valence-corrected chi connectivity index (χ2v) is 10.5. The van der Waals surface area contributed by atoms with Gasteiger partial charge in [-0.15, -0.1) is 22.7 Å². The van der Waals surface area contributed by atoms with Crippen molar-refractivity contribution in [3.63, 3.8) is 0 Å². The summed E-state index contributed by atoms with van der Waals surface area (Å²) in [4.78, 5) is 25.5. The fourth-order valence-corrected chi connectivity index (χ4v) is 6.53. The molecule has 0 aromatic carbocycles. The molecule has 0 spiro atoms. The summed E-state index contributed by atoms with van der Waals surface area (Å²) in [6, 6.07) is 4.75. The Kier molecular flexibility index (Phi) is 5.47. The van der Waals surface area contributed by atoms with E-state index in [9.17, 15) is 18.0 Å². The molecular weight excluding hydrogens is 394 g/mol. The summed E-state index contributed by atoms with van der Waals surface area (Å²) in [5.74, 6) is -1.17. The maximum Gasteiger partial charge on any atom is 0.266 e.